The normalized spacial score (nSPS) is 24.3. The van der Waals surface area contributed by atoms with Gasteiger partial charge in [-0.15, -0.1) is 0 Å². The Hall–Kier alpha value is -2.93. The fourth-order valence-corrected chi connectivity index (χ4v) is 5.78. The average molecular weight is 463 g/mol. The second-order valence-corrected chi connectivity index (χ2v) is 9.85. The minimum atomic E-state index is -0.892. The molecule has 0 unspecified atom stereocenters. The molecule has 2 fully saturated rings. The van der Waals surface area contributed by atoms with Crippen LogP contribution >= 0.6 is 0 Å². The van der Waals surface area contributed by atoms with Crippen LogP contribution < -0.4 is 10.2 Å². The molecule has 2 heterocycles. The third kappa shape index (κ3) is 4.94. The van der Waals surface area contributed by atoms with E-state index in [0.717, 1.165) is 76.0 Å². The molecule has 1 aromatic heterocycles. The van der Waals surface area contributed by atoms with E-state index in [1.165, 1.54) is 5.39 Å². The molecule has 1 aliphatic heterocycles. The second-order valence-electron chi connectivity index (χ2n) is 9.85. The number of nitrogens with one attached hydrogen (secondary N) is 1. The molecule has 1 saturated heterocycles. The van der Waals surface area contributed by atoms with Crippen LogP contribution in [0.25, 0.3) is 10.9 Å². The van der Waals surface area contributed by atoms with Gasteiger partial charge in [-0.25, -0.2) is 9.78 Å². The summed E-state index contributed by atoms with van der Waals surface area (Å²) >= 11 is 0. The van der Waals surface area contributed by atoms with Crippen LogP contribution in [0.15, 0.2) is 47.7 Å². The Labute approximate surface area is 200 Å². The summed E-state index contributed by atoms with van der Waals surface area (Å²) in [4.78, 5) is 34.1. The fourth-order valence-electron chi connectivity index (χ4n) is 5.78. The highest BCUT2D eigenvalue weighted by molar-refractivity contribution is 5.89. The zero-order valence-electron chi connectivity index (χ0n) is 19.7. The number of pyridine rings is 1. The Morgan fingerprint density at radius 1 is 0.912 bits per heavy atom. The number of nitrogens with zero attached hydrogens (tertiary/aromatic N) is 3. The summed E-state index contributed by atoms with van der Waals surface area (Å²) in [6.07, 6.45) is 6.85. The zero-order valence-corrected chi connectivity index (χ0v) is 19.7. The van der Waals surface area contributed by atoms with Crippen LogP contribution in [0, 0.1) is 5.92 Å². The van der Waals surface area contributed by atoms with Crippen molar-refractivity contribution in [2.24, 2.45) is 5.92 Å². The first kappa shape index (κ1) is 22.8. The molecule has 7 heteroatoms. The molecular formula is C27H34N4O3. The van der Waals surface area contributed by atoms with Crippen molar-refractivity contribution in [1.29, 1.82) is 0 Å². The zero-order chi connectivity index (χ0) is 23.5. The number of rotatable bonds is 5. The number of carbonyl (C=O) groups is 2. The third-order valence-electron chi connectivity index (χ3n) is 7.81. The molecule has 2 aliphatic carbocycles. The number of aliphatic carboxylic acids is 1. The first-order valence-electron chi connectivity index (χ1n) is 12.7. The largest absolute Gasteiger partial charge is 0.478 e. The number of anilines is 1. The van der Waals surface area contributed by atoms with Crippen molar-refractivity contribution in [3.05, 3.63) is 47.7 Å². The van der Waals surface area contributed by atoms with E-state index in [0.29, 0.717) is 30.2 Å². The van der Waals surface area contributed by atoms with Gasteiger partial charge in [-0.2, -0.15) is 0 Å². The molecule has 0 spiro atoms. The van der Waals surface area contributed by atoms with Crippen molar-refractivity contribution in [1.82, 2.24) is 15.2 Å². The first-order chi connectivity index (χ1) is 16.6. The number of para-hydroxylation sites is 1. The van der Waals surface area contributed by atoms with Crippen LogP contribution in [-0.2, 0) is 9.59 Å². The Balaban J connectivity index is 1.11. The lowest BCUT2D eigenvalue weighted by Gasteiger charge is -2.42. The predicted molar refractivity (Wildman–Crippen MR) is 133 cm³/mol. The summed E-state index contributed by atoms with van der Waals surface area (Å²) in [5, 5.41) is 13.6. The Bertz CT molecular complexity index is 1080. The molecule has 0 atom stereocenters. The minimum absolute atomic E-state index is 0.0104. The number of piperazine rings is 1. The molecule has 1 saturated carbocycles. The van der Waals surface area contributed by atoms with E-state index in [2.05, 4.69) is 39.4 Å². The van der Waals surface area contributed by atoms with Crippen molar-refractivity contribution < 1.29 is 14.7 Å². The molecule has 0 radical (unpaired) electrons. The number of benzene rings is 1. The van der Waals surface area contributed by atoms with Crippen LogP contribution in [-0.4, -0.2) is 59.1 Å². The van der Waals surface area contributed by atoms with Crippen LogP contribution in [0.4, 0.5) is 5.82 Å². The first-order valence-corrected chi connectivity index (χ1v) is 12.7. The van der Waals surface area contributed by atoms with Crippen molar-refractivity contribution in [3.63, 3.8) is 0 Å². The summed E-state index contributed by atoms with van der Waals surface area (Å²) in [5.74, 6) is 0.165. The van der Waals surface area contributed by atoms with Crippen LogP contribution in [0.2, 0.25) is 0 Å². The quantitative estimate of drug-likeness (QED) is 0.700. The van der Waals surface area contributed by atoms with Crippen LogP contribution in [0.3, 0.4) is 0 Å². The monoisotopic (exact) mass is 462 g/mol. The molecule has 5 rings (SSSR count). The Morgan fingerprint density at radius 2 is 1.65 bits per heavy atom. The van der Waals surface area contributed by atoms with Crippen LogP contribution in [0.1, 0.15) is 51.4 Å². The maximum atomic E-state index is 12.8. The SMILES string of the molecule is O=C(O)C1=C(NC(=O)C2CCC(N3CCN(c4ccc5ccccc5n4)CC3)CC2)CCCC1. The standard InChI is InChI=1S/C27H34N4O3/c32-26(29-24-8-4-2-6-22(24)27(33)34)20-9-12-21(13-10-20)30-15-17-31(18-16-30)25-14-11-19-5-1-3-7-23(19)28-25/h1,3,5,7,11,14,20-21H,2,4,6,8-10,12-13,15-18H2,(H,29,32)(H,33,34). The van der Waals surface area contributed by atoms with E-state index >= 15 is 0 Å². The lowest BCUT2D eigenvalue weighted by molar-refractivity contribution is -0.133. The van der Waals surface area contributed by atoms with Gasteiger partial charge in [0, 0.05) is 49.2 Å². The summed E-state index contributed by atoms with van der Waals surface area (Å²) < 4.78 is 0. The number of allylic oxidation sites excluding steroid dienone is 1. The Kier molecular flexibility index (Phi) is 6.81. The molecule has 7 nitrogen and oxygen atoms in total. The molecule has 0 bridgehead atoms. The minimum Gasteiger partial charge on any atom is -0.478 e. The van der Waals surface area contributed by atoms with E-state index in [-0.39, 0.29) is 11.8 Å². The molecule has 1 aromatic carbocycles. The number of carboxylic acids is 1. The highest BCUT2D eigenvalue weighted by Crippen LogP contribution is 2.30. The van der Waals surface area contributed by atoms with E-state index < -0.39 is 5.97 Å². The fraction of sp³-hybridized carbons (Fsp3) is 0.519. The molecule has 180 valence electrons. The lowest BCUT2D eigenvalue weighted by atomic mass is 9.84. The summed E-state index contributed by atoms with van der Waals surface area (Å²) in [6.45, 7) is 3.98. The van der Waals surface area contributed by atoms with Gasteiger partial charge in [0.05, 0.1) is 11.1 Å². The van der Waals surface area contributed by atoms with E-state index in [4.69, 9.17) is 4.98 Å². The van der Waals surface area contributed by atoms with Gasteiger partial charge in [0.15, 0.2) is 0 Å². The van der Waals surface area contributed by atoms with Gasteiger partial charge in [0.25, 0.3) is 0 Å². The number of carbonyl (C=O) groups excluding carboxylic acids is 1. The summed E-state index contributed by atoms with van der Waals surface area (Å²) in [7, 11) is 0. The van der Waals surface area contributed by atoms with Gasteiger partial charge in [0.2, 0.25) is 5.91 Å². The number of fused-ring (bicyclic) bond motifs is 1. The average Bonchev–Trinajstić information content (AvgIpc) is 2.89. The van der Waals surface area contributed by atoms with Crippen molar-refractivity contribution in [2.75, 3.05) is 31.1 Å². The maximum Gasteiger partial charge on any atom is 0.333 e. The van der Waals surface area contributed by atoms with E-state index in [9.17, 15) is 14.7 Å². The third-order valence-corrected chi connectivity index (χ3v) is 7.81. The molecule has 34 heavy (non-hydrogen) atoms. The molecule has 2 N–H and O–H groups in total. The van der Waals surface area contributed by atoms with Gasteiger partial charge in [0.1, 0.15) is 5.82 Å². The van der Waals surface area contributed by atoms with Gasteiger partial charge < -0.3 is 15.3 Å². The van der Waals surface area contributed by atoms with Gasteiger partial charge in [-0.3, -0.25) is 9.69 Å². The topological polar surface area (TPSA) is 85.8 Å². The van der Waals surface area contributed by atoms with Crippen molar-refractivity contribution in [3.8, 4) is 0 Å². The summed E-state index contributed by atoms with van der Waals surface area (Å²) in [6, 6.07) is 13.0. The Morgan fingerprint density at radius 3 is 2.41 bits per heavy atom. The van der Waals surface area contributed by atoms with Crippen LogP contribution in [0.5, 0.6) is 0 Å². The second kappa shape index (κ2) is 10.1. The molecule has 3 aliphatic rings. The highest BCUT2D eigenvalue weighted by Gasteiger charge is 2.32. The summed E-state index contributed by atoms with van der Waals surface area (Å²) in [5.41, 5.74) is 2.08. The van der Waals surface area contributed by atoms with Gasteiger partial charge in [-0.05, 0) is 69.6 Å². The van der Waals surface area contributed by atoms with Crippen molar-refractivity contribution >= 4 is 28.6 Å². The predicted octanol–water partition coefficient (Wildman–Crippen LogP) is 3.94. The molecule has 1 amide bonds. The van der Waals surface area contributed by atoms with Crippen molar-refractivity contribution in [2.45, 2.75) is 57.4 Å². The molecular weight excluding hydrogens is 428 g/mol. The van der Waals surface area contributed by atoms with E-state index in [1.807, 2.05) is 12.1 Å². The number of hydrogen-bond donors (Lipinski definition) is 2. The number of amides is 1. The van der Waals surface area contributed by atoms with Gasteiger partial charge >= 0.3 is 5.97 Å². The van der Waals surface area contributed by atoms with E-state index in [1.54, 1.807) is 0 Å². The number of aromatic nitrogens is 1. The smallest absolute Gasteiger partial charge is 0.333 e. The van der Waals surface area contributed by atoms with Gasteiger partial charge in [-0.1, -0.05) is 18.2 Å². The highest BCUT2D eigenvalue weighted by atomic mass is 16.4. The molecule has 2 aromatic rings. The number of hydrogen-bond acceptors (Lipinski definition) is 5. The maximum absolute atomic E-state index is 12.8. The lowest BCUT2D eigenvalue weighted by Crippen LogP contribution is -2.51. The number of carboxylic acid groups (broad SMARTS) is 1.